The molecule has 0 saturated heterocycles. The summed E-state index contributed by atoms with van der Waals surface area (Å²) in [7, 11) is -3.33. The van der Waals surface area contributed by atoms with Crippen molar-refractivity contribution in [2.24, 2.45) is 0 Å². The van der Waals surface area contributed by atoms with Gasteiger partial charge in [0, 0.05) is 23.4 Å². The van der Waals surface area contributed by atoms with Crippen LogP contribution in [0.15, 0.2) is 66.7 Å². The number of thiazole rings is 1. The Balaban J connectivity index is 1.34. The topological polar surface area (TPSA) is 79.4 Å². The SMILES string of the molecule is CS(=O)(=O)N1CCCc2cc(C(=O)Nc3ccc(-c4nc5ccccc5s4)cc3)ccc21. The number of carbonyl (C=O) groups is 1. The molecule has 0 aliphatic carbocycles. The highest BCUT2D eigenvalue weighted by Crippen LogP contribution is 2.32. The molecule has 0 unspecified atom stereocenters. The van der Waals surface area contributed by atoms with Crippen molar-refractivity contribution in [1.29, 1.82) is 0 Å². The molecule has 4 aromatic rings. The molecule has 0 saturated carbocycles. The van der Waals surface area contributed by atoms with Crippen LogP contribution in [-0.2, 0) is 16.4 Å². The summed E-state index contributed by atoms with van der Waals surface area (Å²) in [6.45, 7) is 0.471. The fraction of sp³-hybridized carbons (Fsp3) is 0.167. The van der Waals surface area contributed by atoms with E-state index in [1.165, 1.54) is 10.6 Å². The van der Waals surface area contributed by atoms with Gasteiger partial charge in [-0.15, -0.1) is 11.3 Å². The van der Waals surface area contributed by atoms with Gasteiger partial charge in [-0.3, -0.25) is 9.10 Å². The van der Waals surface area contributed by atoms with E-state index in [1.54, 1.807) is 29.5 Å². The van der Waals surface area contributed by atoms with E-state index in [0.29, 0.717) is 23.5 Å². The number of aryl methyl sites for hydroxylation is 1. The minimum atomic E-state index is -3.33. The van der Waals surface area contributed by atoms with Crippen LogP contribution in [0, 0.1) is 0 Å². The summed E-state index contributed by atoms with van der Waals surface area (Å²) in [5.41, 5.74) is 4.71. The van der Waals surface area contributed by atoms with Gasteiger partial charge in [0.15, 0.2) is 0 Å². The maximum atomic E-state index is 12.8. The van der Waals surface area contributed by atoms with Crippen molar-refractivity contribution in [2.45, 2.75) is 12.8 Å². The van der Waals surface area contributed by atoms with Crippen molar-refractivity contribution >= 4 is 48.9 Å². The Morgan fingerprint density at radius 3 is 2.59 bits per heavy atom. The molecule has 0 spiro atoms. The lowest BCUT2D eigenvalue weighted by atomic mass is 10.0. The van der Waals surface area contributed by atoms with Crippen LogP contribution in [0.2, 0.25) is 0 Å². The summed E-state index contributed by atoms with van der Waals surface area (Å²) in [4.78, 5) is 17.5. The van der Waals surface area contributed by atoms with E-state index in [4.69, 9.17) is 0 Å². The van der Waals surface area contributed by atoms with E-state index in [0.717, 1.165) is 39.2 Å². The number of rotatable bonds is 4. The van der Waals surface area contributed by atoms with Crippen LogP contribution >= 0.6 is 11.3 Å². The van der Waals surface area contributed by atoms with Crippen molar-refractivity contribution < 1.29 is 13.2 Å². The number of fused-ring (bicyclic) bond motifs is 2. The van der Waals surface area contributed by atoms with Crippen LogP contribution in [-0.4, -0.2) is 32.1 Å². The maximum Gasteiger partial charge on any atom is 0.255 e. The standard InChI is InChI=1S/C24H21N3O3S2/c1-32(29,30)27-14-4-5-17-15-18(10-13-21(17)27)23(28)25-19-11-8-16(9-12-19)24-26-20-6-2-3-7-22(20)31-24/h2-3,6-13,15H,4-5,14H2,1H3,(H,25,28). The first-order valence-electron chi connectivity index (χ1n) is 10.3. The summed E-state index contributed by atoms with van der Waals surface area (Å²) in [5.74, 6) is -0.225. The number of benzene rings is 3. The van der Waals surface area contributed by atoms with Gasteiger partial charge in [-0.25, -0.2) is 13.4 Å². The molecule has 6 nitrogen and oxygen atoms in total. The molecule has 0 atom stereocenters. The van der Waals surface area contributed by atoms with Crippen LogP contribution in [0.25, 0.3) is 20.8 Å². The zero-order valence-corrected chi connectivity index (χ0v) is 19.0. The van der Waals surface area contributed by atoms with E-state index in [1.807, 2.05) is 42.5 Å². The van der Waals surface area contributed by atoms with Crippen molar-refractivity contribution in [2.75, 3.05) is 22.4 Å². The molecule has 1 amide bonds. The van der Waals surface area contributed by atoms with Crippen molar-refractivity contribution in [3.63, 3.8) is 0 Å². The number of hydrogen-bond acceptors (Lipinski definition) is 5. The minimum absolute atomic E-state index is 0.225. The van der Waals surface area contributed by atoms with E-state index in [9.17, 15) is 13.2 Å². The second-order valence-electron chi connectivity index (χ2n) is 7.80. The van der Waals surface area contributed by atoms with Gasteiger partial charge in [0.05, 0.1) is 22.2 Å². The molecular formula is C24H21N3O3S2. The number of hydrogen-bond donors (Lipinski definition) is 1. The first-order valence-corrected chi connectivity index (χ1v) is 12.9. The van der Waals surface area contributed by atoms with Gasteiger partial charge in [-0.05, 0) is 73.0 Å². The fourth-order valence-electron chi connectivity index (χ4n) is 3.94. The maximum absolute atomic E-state index is 12.8. The number of nitrogens with one attached hydrogen (secondary N) is 1. The number of carbonyl (C=O) groups excluding carboxylic acids is 1. The number of anilines is 2. The lowest BCUT2D eigenvalue weighted by molar-refractivity contribution is 0.102. The van der Waals surface area contributed by atoms with Crippen molar-refractivity contribution in [1.82, 2.24) is 4.98 Å². The van der Waals surface area contributed by atoms with Crippen molar-refractivity contribution in [3.05, 3.63) is 77.9 Å². The first-order chi connectivity index (χ1) is 15.4. The molecule has 8 heteroatoms. The molecule has 3 aromatic carbocycles. The molecule has 1 N–H and O–H groups in total. The molecule has 0 fully saturated rings. The Bertz CT molecular complexity index is 1390. The number of sulfonamides is 1. The molecule has 1 aliphatic heterocycles. The third-order valence-corrected chi connectivity index (χ3v) is 7.77. The predicted molar refractivity (Wildman–Crippen MR) is 130 cm³/mol. The zero-order valence-electron chi connectivity index (χ0n) is 17.4. The second kappa shape index (κ2) is 8.03. The summed E-state index contributed by atoms with van der Waals surface area (Å²) < 4.78 is 26.6. The number of nitrogens with zero attached hydrogens (tertiary/aromatic N) is 2. The van der Waals surface area contributed by atoms with Gasteiger partial charge in [0.2, 0.25) is 10.0 Å². The Morgan fingerprint density at radius 1 is 1.06 bits per heavy atom. The third-order valence-electron chi connectivity index (χ3n) is 5.50. The van der Waals surface area contributed by atoms with Crippen LogP contribution in [0.5, 0.6) is 0 Å². The second-order valence-corrected chi connectivity index (χ2v) is 10.7. The lowest BCUT2D eigenvalue weighted by Gasteiger charge is -2.29. The predicted octanol–water partition coefficient (Wildman–Crippen LogP) is 4.93. The highest BCUT2D eigenvalue weighted by Gasteiger charge is 2.24. The van der Waals surface area contributed by atoms with Gasteiger partial charge in [-0.2, -0.15) is 0 Å². The highest BCUT2D eigenvalue weighted by molar-refractivity contribution is 7.92. The summed E-state index contributed by atoms with van der Waals surface area (Å²) in [6.07, 6.45) is 2.69. The van der Waals surface area contributed by atoms with Crippen LogP contribution in [0.4, 0.5) is 11.4 Å². The lowest BCUT2D eigenvalue weighted by Crippen LogP contribution is -2.34. The van der Waals surface area contributed by atoms with Gasteiger partial charge < -0.3 is 5.32 Å². The van der Waals surface area contributed by atoms with Gasteiger partial charge in [0.25, 0.3) is 5.91 Å². The Hall–Kier alpha value is -3.23. The quantitative estimate of drug-likeness (QED) is 0.466. The fourth-order valence-corrected chi connectivity index (χ4v) is 5.91. The first kappa shape index (κ1) is 20.7. The normalized spacial score (nSPS) is 13.7. The molecule has 0 radical (unpaired) electrons. The van der Waals surface area contributed by atoms with Gasteiger partial charge in [-0.1, -0.05) is 12.1 Å². The van der Waals surface area contributed by atoms with Crippen LogP contribution < -0.4 is 9.62 Å². The highest BCUT2D eigenvalue weighted by atomic mass is 32.2. The molecule has 32 heavy (non-hydrogen) atoms. The van der Waals surface area contributed by atoms with Gasteiger partial charge in [0.1, 0.15) is 5.01 Å². The molecule has 0 bridgehead atoms. The molecule has 1 aliphatic rings. The van der Waals surface area contributed by atoms with Gasteiger partial charge >= 0.3 is 0 Å². The molecule has 2 heterocycles. The monoisotopic (exact) mass is 463 g/mol. The van der Waals surface area contributed by atoms with Crippen molar-refractivity contribution in [3.8, 4) is 10.6 Å². The summed E-state index contributed by atoms with van der Waals surface area (Å²) >= 11 is 1.64. The number of amides is 1. The Labute approximate surface area is 190 Å². The largest absolute Gasteiger partial charge is 0.322 e. The molecular weight excluding hydrogens is 442 g/mol. The van der Waals surface area contributed by atoms with Crippen LogP contribution in [0.1, 0.15) is 22.3 Å². The van der Waals surface area contributed by atoms with E-state index >= 15 is 0 Å². The Kier molecular flexibility index (Phi) is 5.19. The third kappa shape index (κ3) is 3.99. The average Bonchev–Trinajstić information content (AvgIpc) is 3.22. The minimum Gasteiger partial charge on any atom is -0.322 e. The average molecular weight is 464 g/mol. The molecule has 162 valence electrons. The van der Waals surface area contributed by atoms with Crippen LogP contribution in [0.3, 0.4) is 0 Å². The molecule has 1 aromatic heterocycles. The van der Waals surface area contributed by atoms with E-state index < -0.39 is 10.0 Å². The Morgan fingerprint density at radius 2 is 1.84 bits per heavy atom. The molecule has 5 rings (SSSR count). The summed E-state index contributed by atoms with van der Waals surface area (Å²) in [5, 5.41) is 3.86. The number of aromatic nitrogens is 1. The summed E-state index contributed by atoms with van der Waals surface area (Å²) in [6, 6.07) is 20.8. The zero-order chi connectivity index (χ0) is 22.3. The number of para-hydroxylation sites is 1. The van der Waals surface area contributed by atoms with E-state index in [2.05, 4.69) is 16.4 Å². The smallest absolute Gasteiger partial charge is 0.255 e. The van der Waals surface area contributed by atoms with E-state index in [-0.39, 0.29) is 5.91 Å².